The maximum absolute atomic E-state index is 12.5. The van der Waals surface area contributed by atoms with Crippen LogP contribution in [-0.2, 0) is 9.84 Å². The van der Waals surface area contributed by atoms with Crippen LogP contribution in [0, 0.1) is 6.92 Å². The highest BCUT2D eigenvalue weighted by Crippen LogP contribution is 2.19. The number of carbonyl (C=O) groups excluding carboxylic acids is 1. The van der Waals surface area contributed by atoms with Crippen molar-refractivity contribution in [2.45, 2.75) is 11.8 Å². The van der Waals surface area contributed by atoms with Gasteiger partial charge in [-0.25, -0.2) is 13.2 Å². The van der Waals surface area contributed by atoms with Gasteiger partial charge in [0.15, 0.2) is 15.6 Å². The fourth-order valence-corrected chi connectivity index (χ4v) is 3.77. The molecule has 0 spiro atoms. The van der Waals surface area contributed by atoms with E-state index < -0.39 is 27.0 Å². The molecular formula is C19H16O6S. The van der Waals surface area contributed by atoms with Crippen LogP contribution in [0.4, 0.5) is 0 Å². The molecule has 0 bridgehead atoms. The number of sulfone groups is 1. The van der Waals surface area contributed by atoms with Crippen molar-refractivity contribution in [3.63, 3.8) is 0 Å². The number of Topliss-reactive ketones (excluding diaryl/α,β-unsaturated/α-hetero) is 1. The summed E-state index contributed by atoms with van der Waals surface area (Å²) < 4.78 is 35.0. The monoisotopic (exact) mass is 372 g/mol. The minimum absolute atomic E-state index is 0.0207. The van der Waals surface area contributed by atoms with Gasteiger partial charge in [-0.05, 0) is 49.4 Å². The Morgan fingerprint density at radius 1 is 1.08 bits per heavy atom. The molecule has 1 heterocycles. The van der Waals surface area contributed by atoms with E-state index >= 15 is 0 Å². The van der Waals surface area contributed by atoms with E-state index in [1.165, 1.54) is 37.4 Å². The number of aryl methyl sites for hydroxylation is 1. The lowest BCUT2D eigenvalue weighted by atomic mass is 10.1. The van der Waals surface area contributed by atoms with Crippen molar-refractivity contribution in [3.8, 4) is 5.75 Å². The van der Waals surface area contributed by atoms with Crippen LogP contribution in [0.1, 0.15) is 15.9 Å². The molecule has 0 atom stereocenters. The van der Waals surface area contributed by atoms with Crippen LogP contribution in [0.25, 0.3) is 11.0 Å². The lowest BCUT2D eigenvalue weighted by Crippen LogP contribution is -2.22. The highest BCUT2D eigenvalue weighted by molar-refractivity contribution is 7.92. The first-order valence-electron chi connectivity index (χ1n) is 7.75. The highest BCUT2D eigenvalue weighted by Gasteiger charge is 2.23. The molecular weight excluding hydrogens is 356 g/mol. The van der Waals surface area contributed by atoms with Crippen molar-refractivity contribution in [3.05, 3.63) is 70.1 Å². The zero-order valence-electron chi connectivity index (χ0n) is 14.2. The Bertz CT molecular complexity index is 1140. The van der Waals surface area contributed by atoms with Gasteiger partial charge in [-0.15, -0.1) is 0 Å². The molecule has 0 aliphatic heterocycles. The Morgan fingerprint density at radius 2 is 1.77 bits per heavy atom. The van der Waals surface area contributed by atoms with Gasteiger partial charge in [0.2, 0.25) is 0 Å². The predicted octanol–water partition coefficient (Wildman–Crippen LogP) is 2.77. The molecule has 0 saturated carbocycles. The Kier molecular flexibility index (Phi) is 4.65. The van der Waals surface area contributed by atoms with Crippen molar-refractivity contribution in [1.29, 1.82) is 0 Å². The zero-order valence-corrected chi connectivity index (χ0v) is 15.0. The minimum Gasteiger partial charge on any atom is -0.497 e. The fourth-order valence-electron chi connectivity index (χ4n) is 2.55. The standard InChI is InChI=1S/C19H16O6S/c1-12-3-8-18-13(9-12)10-16(19(21)25-18)17(20)11-26(22,23)15-6-4-14(24-2)5-7-15/h3-10H,11H2,1-2H3. The maximum Gasteiger partial charge on any atom is 0.347 e. The molecule has 0 radical (unpaired) electrons. The first kappa shape index (κ1) is 17.9. The van der Waals surface area contributed by atoms with Gasteiger partial charge in [-0.1, -0.05) is 11.6 Å². The fraction of sp³-hybridized carbons (Fsp3) is 0.158. The third-order valence-electron chi connectivity index (χ3n) is 3.93. The largest absolute Gasteiger partial charge is 0.497 e. The summed E-state index contributed by atoms with van der Waals surface area (Å²) in [6, 6.07) is 12.2. The number of benzene rings is 2. The van der Waals surface area contributed by atoms with E-state index in [1.807, 2.05) is 6.92 Å². The average molecular weight is 372 g/mol. The second kappa shape index (κ2) is 6.76. The van der Waals surface area contributed by atoms with Gasteiger partial charge in [0.05, 0.1) is 12.0 Å². The van der Waals surface area contributed by atoms with Gasteiger partial charge < -0.3 is 9.15 Å². The van der Waals surface area contributed by atoms with Gasteiger partial charge in [0, 0.05) is 5.39 Å². The summed E-state index contributed by atoms with van der Waals surface area (Å²) >= 11 is 0. The minimum atomic E-state index is -3.90. The molecule has 2 aromatic carbocycles. The molecule has 26 heavy (non-hydrogen) atoms. The van der Waals surface area contributed by atoms with Crippen molar-refractivity contribution in [2.24, 2.45) is 0 Å². The van der Waals surface area contributed by atoms with Gasteiger partial charge in [-0.3, -0.25) is 4.79 Å². The van der Waals surface area contributed by atoms with E-state index in [1.54, 1.807) is 18.2 Å². The number of carbonyl (C=O) groups is 1. The third-order valence-corrected chi connectivity index (χ3v) is 5.56. The van der Waals surface area contributed by atoms with E-state index in [0.717, 1.165) is 5.56 Å². The zero-order chi connectivity index (χ0) is 18.9. The molecule has 6 nitrogen and oxygen atoms in total. The van der Waals surface area contributed by atoms with Crippen molar-refractivity contribution in [2.75, 3.05) is 12.9 Å². The molecule has 0 unspecified atom stereocenters. The van der Waals surface area contributed by atoms with Crippen LogP contribution >= 0.6 is 0 Å². The molecule has 0 aliphatic rings. The second-order valence-electron chi connectivity index (χ2n) is 5.85. The van der Waals surface area contributed by atoms with E-state index in [4.69, 9.17) is 9.15 Å². The molecule has 0 N–H and O–H groups in total. The second-order valence-corrected chi connectivity index (χ2v) is 7.84. The number of fused-ring (bicyclic) bond motifs is 1. The summed E-state index contributed by atoms with van der Waals surface area (Å²) in [5, 5.41) is 0.565. The summed E-state index contributed by atoms with van der Waals surface area (Å²) in [6.07, 6.45) is 0. The molecule has 0 saturated heterocycles. The summed E-state index contributed by atoms with van der Waals surface area (Å²) in [4.78, 5) is 24.5. The average Bonchev–Trinajstić information content (AvgIpc) is 2.61. The number of hydrogen-bond donors (Lipinski definition) is 0. The first-order chi connectivity index (χ1) is 12.3. The number of hydrogen-bond acceptors (Lipinski definition) is 6. The lowest BCUT2D eigenvalue weighted by Gasteiger charge is -2.06. The molecule has 0 aliphatic carbocycles. The van der Waals surface area contributed by atoms with Gasteiger partial charge in [0.25, 0.3) is 0 Å². The van der Waals surface area contributed by atoms with E-state index in [2.05, 4.69) is 0 Å². The molecule has 7 heteroatoms. The topological polar surface area (TPSA) is 90.7 Å². The number of ether oxygens (including phenoxy) is 1. The van der Waals surface area contributed by atoms with Crippen LogP contribution in [0.5, 0.6) is 5.75 Å². The SMILES string of the molecule is COc1ccc(S(=O)(=O)CC(=O)c2cc3cc(C)ccc3oc2=O)cc1. The van der Waals surface area contributed by atoms with Crippen molar-refractivity contribution in [1.82, 2.24) is 0 Å². The predicted molar refractivity (Wildman–Crippen MR) is 96.6 cm³/mol. The van der Waals surface area contributed by atoms with Crippen LogP contribution in [0.15, 0.2) is 62.6 Å². The lowest BCUT2D eigenvalue weighted by molar-refractivity contribution is 0.101. The Hall–Kier alpha value is -2.93. The van der Waals surface area contributed by atoms with Crippen LogP contribution in [0.3, 0.4) is 0 Å². The molecule has 0 fully saturated rings. The van der Waals surface area contributed by atoms with E-state index in [9.17, 15) is 18.0 Å². The smallest absolute Gasteiger partial charge is 0.347 e. The molecule has 134 valence electrons. The summed E-state index contributed by atoms with van der Waals surface area (Å²) in [5.74, 6) is -1.12. The van der Waals surface area contributed by atoms with Gasteiger partial charge in [0.1, 0.15) is 22.6 Å². The van der Waals surface area contributed by atoms with Crippen molar-refractivity contribution >= 4 is 26.6 Å². The van der Waals surface area contributed by atoms with Gasteiger partial charge in [-0.2, -0.15) is 0 Å². The number of methoxy groups -OCH3 is 1. The Morgan fingerprint density at radius 3 is 2.42 bits per heavy atom. The highest BCUT2D eigenvalue weighted by atomic mass is 32.2. The first-order valence-corrected chi connectivity index (χ1v) is 9.40. The summed E-state index contributed by atoms with van der Waals surface area (Å²) in [7, 11) is -2.43. The van der Waals surface area contributed by atoms with Crippen LogP contribution in [0.2, 0.25) is 0 Å². The van der Waals surface area contributed by atoms with Crippen LogP contribution in [-0.4, -0.2) is 27.1 Å². The Balaban J connectivity index is 1.94. The molecule has 3 aromatic rings. The van der Waals surface area contributed by atoms with Crippen molar-refractivity contribution < 1.29 is 22.4 Å². The molecule has 3 rings (SSSR count). The van der Waals surface area contributed by atoms with E-state index in [-0.39, 0.29) is 10.5 Å². The quantitative estimate of drug-likeness (QED) is 0.505. The van der Waals surface area contributed by atoms with Gasteiger partial charge >= 0.3 is 5.63 Å². The Labute approximate surface area is 149 Å². The third kappa shape index (κ3) is 3.52. The normalized spacial score (nSPS) is 11.5. The number of ketones is 1. The molecule has 0 amide bonds. The van der Waals surface area contributed by atoms with Crippen LogP contribution < -0.4 is 10.4 Å². The summed E-state index contributed by atoms with van der Waals surface area (Å²) in [5.41, 5.74) is 0.141. The molecule has 1 aromatic heterocycles. The maximum atomic E-state index is 12.5. The van der Waals surface area contributed by atoms with E-state index in [0.29, 0.717) is 16.7 Å². The number of rotatable bonds is 5. The summed E-state index contributed by atoms with van der Waals surface area (Å²) in [6.45, 7) is 1.86.